The van der Waals surface area contributed by atoms with E-state index < -0.39 is 12.1 Å². The molecular formula is C24H32N4O3. The van der Waals surface area contributed by atoms with E-state index in [4.69, 9.17) is 0 Å². The number of aromatic carboxylic acids is 1. The summed E-state index contributed by atoms with van der Waals surface area (Å²) in [7, 11) is 0. The molecule has 0 unspecified atom stereocenters. The number of hydrogen-bond donors (Lipinski definition) is 2. The molecule has 1 aromatic carbocycles. The van der Waals surface area contributed by atoms with E-state index in [0.717, 1.165) is 37.2 Å². The SMILES string of the molecule is O=C(O)c1ccccc1CN1C[C@H]2C[C@@H](n3cc(C4CCCCC4)nn3)[C@H](O)C[C@H]2C1. The molecule has 1 saturated heterocycles. The zero-order valence-corrected chi connectivity index (χ0v) is 17.9. The van der Waals surface area contributed by atoms with E-state index in [1.165, 1.54) is 32.1 Å². The van der Waals surface area contributed by atoms with Crippen molar-refractivity contribution in [3.8, 4) is 0 Å². The number of benzene rings is 1. The highest BCUT2D eigenvalue weighted by Crippen LogP contribution is 2.42. The lowest BCUT2D eigenvalue weighted by Crippen LogP contribution is -2.36. The lowest BCUT2D eigenvalue weighted by atomic mass is 9.77. The van der Waals surface area contributed by atoms with Crippen molar-refractivity contribution in [3.05, 3.63) is 47.3 Å². The average molecular weight is 425 g/mol. The van der Waals surface area contributed by atoms with Crippen LogP contribution in [0.2, 0.25) is 0 Å². The van der Waals surface area contributed by atoms with Crippen molar-refractivity contribution in [2.24, 2.45) is 11.8 Å². The van der Waals surface area contributed by atoms with Gasteiger partial charge in [-0.2, -0.15) is 0 Å². The van der Waals surface area contributed by atoms with Crippen molar-refractivity contribution in [1.29, 1.82) is 0 Å². The fraction of sp³-hybridized carbons (Fsp3) is 0.625. The normalized spacial score (nSPS) is 29.7. The van der Waals surface area contributed by atoms with Crippen molar-refractivity contribution >= 4 is 5.97 Å². The van der Waals surface area contributed by atoms with Gasteiger partial charge in [0.05, 0.1) is 23.4 Å². The molecule has 2 N–H and O–H groups in total. The molecule has 166 valence electrons. The molecule has 7 nitrogen and oxygen atoms in total. The Labute approximate surface area is 183 Å². The third kappa shape index (κ3) is 4.26. The van der Waals surface area contributed by atoms with E-state index in [9.17, 15) is 15.0 Å². The van der Waals surface area contributed by atoms with Crippen LogP contribution < -0.4 is 0 Å². The highest BCUT2D eigenvalue weighted by Gasteiger charge is 2.43. The largest absolute Gasteiger partial charge is 0.478 e. The van der Waals surface area contributed by atoms with Gasteiger partial charge in [-0.3, -0.25) is 4.90 Å². The van der Waals surface area contributed by atoms with E-state index >= 15 is 0 Å². The number of hydrogen-bond acceptors (Lipinski definition) is 5. The highest BCUT2D eigenvalue weighted by atomic mass is 16.4. The number of fused-ring (bicyclic) bond motifs is 1. The fourth-order valence-electron chi connectivity index (χ4n) is 6.06. The van der Waals surface area contributed by atoms with Crippen LogP contribution in [0.3, 0.4) is 0 Å². The van der Waals surface area contributed by atoms with Gasteiger partial charge in [-0.15, -0.1) is 5.10 Å². The smallest absolute Gasteiger partial charge is 0.336 e. The summed E-state index contributed by atoms with van der Waals surface area (Å²) in [5.41, 5.74) is 2.33. The molecule has 2 aromatic rings. The number of carboxylic acids is 1. The van der Waals surface area contributed by atoms with E-state index in [2.05, 4.69) is 21.4 Å². The van der Waals surface area contributed by atoms with Crippen molar-refractivity contribution in [2.45, 2.75) is 69.6 Å². The molecule has 2 heterocycles. The highest BCUT2D eigenvalue weighted by molar-refractivity contribution is 5.89. The van der Waals surface area contributed by atoms with Crippen molar-refractivity contribution in [1.82, 2.24) is 19.9 Å². The Morgan fingerprint density at radius 3 is 2.58 bits per heavy atom. The maximum Gasteiger partial charge on any atom is 0.336 e. The van der Waals surface area contributed by atoms with Crippen LogP contribution in [0.15, 0.2) is 30.5 Å². The molecule has 2 aliphatic carbocycles. The van der Waals surface area contributed by atoms with Crippen LogP contribution in [-0.2, 0) is 6.54 Å². The number of aliphatic hydroxyl groups is 1. The molecule has 3 aliphatic rings. The Balaban J connectivity index is 1.25. The molecule has 0 bridgehead atoms. The number of rotatable bonds is 5. The van der Waals surface area contributed by atoms with Gasteiger partial charge in [0.1, 0.15) is 0 Å². The second-order valence-corrected chi connectivity index (χ2v) is 9.74. The summed E-state index contributed by atoms with van der Waals surface area (Å²) < 4.78 is 1.92. The number of aromatic nitrogens is 3. The van der Waals surface area contributed by atoms with Crippen LogP contribution in [0.25, 0.3) is 0 Å². The molecule has 0 radical (unpaired) electrons. The maximum absolute atomic E-state index is 11.5. The summed E-state index contributed by atoms with van der Waals surface area (Å²) in [6, 6.07) is 7.24. The quantitative estimate of drug-likeness (QED) is 0.764. The average Bonchev–Trinajstić information content (AvgIpc) is 3.40. The number of carbonyl (C=O) groups is 1. The number of aliphatic hydroxyl groups excluding tert-OH is 1. The van der Waals surface area contributed by atoms with Crippen LogP contribution in [0.1, 0.15) is 78.5 Å². The summed E-state index contributed by atoms with van der Waals surface area (Å²) in [4.78, 5) is 13.9. The van der Waals surface area contributed by atoms with Gasteiger partial charge in [0.2, 0.25) is 0 Å². The first-order valence-electron chi connectivity index (χ1n) is 11.7. The van der Waals surface area contributed by atoms with E-state index in [1.54, 1.807) is 12.1 Å². The number of likely N-dealkylation sites (tertiary alicyclic amines) is 1. The Kier molecular flexibility index (Phi) is 5.80. The molecule has 31 heavy (non-hydrogen) atoms. The van der Waals surface area contributed by atoms with Gasteiger partial charge in [0.15, 0.2) is 0 Å². The second-order valence-electron chi connectivity index (χ2n) is 9.74. The Hall–Kier alpha value is -2.25. The molecule has 5 rings (SSSR count). The van der Waals surface area contributed by atoms with Gasteiger partial charge in [0, 0.05) is 31.7 Å². The molecule has 0 amide bonds. The zero-order valence-electron chi connectivity index (χ0n) is 17.9. The molecule has 2 saturated carbocycles. The molecule has 1 aromatic heterocycles. The van der Waals surface area contributed by atoms with Gasteiger partial charge in [-0.25, -0.2) is 9.48 Å². The topological polar surface area (TPSA) is 91.5 Å². The minimum Gasteiger partial charge on any atom is -0.478 e. The van der Waals surface area contributed by atoms with E-state index in [-0.39, 0.29) is 6.04 Å². The Bertz CT molecular complexity index is 923. The lowest BCUT2D eigenvalue weighted by molar-refractivity contribution is 0.0298. The van der Waals surface area contributed by atoms with Crippen LogP contribution in [0.5, 0.6) is 0 Å². The van der Waals surface area contributed by atoms with Gasteiger partial charge in [-0.05, 0) is 49.1 Å². The van der Waals surface area contributed by atoms with Crippen LogP contribution >= 0.6 is 0 Å². The third-order valence-corrected chi connectivity index (χ3v) is 7.72. The van der Waals surface area contributed by atoms with Crippen LogP contribution in [0, 0.1) is 11.8 Å². The Morgan fingerprint density at radius 2 is 1.81 bits per heavy atom. The Morgan fingerprint density at radius 1 is 1.06 bits per heavy atom. The molecule has 1 aliphatic heterocycles. The van der Waals surface area contributed by atoms with Crippen LogP contribution in [-0.4, -0.2) is 55.3 Å². The summed E-state index contributed by atoms with van der Waals surface area (Å²) in [6.07, 6.45) is 9.60. The van der Waals surface area contributed by atoms with Crippen molar-refractivity contribution in [2.75, 3.05) is 13.1 Å². The van der Waals surface area contributed by atoms with Gasteiger partial charge in [-0.1, -0.05) is 42.7 Å². The summed E-state index contributed by atoms with van der Waals surface area (Å²) >= 11 is 0. The van der Waals surface area contributed by atoms with Gasteiger partial charge < -0.3 is 10.2 Å². The van der Waals surface area contributed by atoms with Crippen molar-refractivity contribution < 1.29 is 15.0 Å². The molecular weight excluding hydrogens is 392 g/mol. The summed E-state index contributed by atoms with van der Waals surface area (Å²) in [5, 5.41) is 29.3. The molecule has 7 heteroatoms. The van der Waals surface area contributed by atoms with Crippen LogP contribution in [0.4, 0.5) is 0 Å². The minimum atomic E-state index is -0.873. The summed E-state index contributed by atoms with van der Waals surface area (Å²) in [5.74, 6) is 0.590. The van der Waals surface area contributed by atoms with Crippen molar-refractivity contribution in [3.63, 3.8) is 0 Å². The van der Waals surface area contributed by atoms with E-state index in [1.807, 2.05) is 16.8 Å². The third-order valence-electron chi connectivity index (χ3n) is 7.72. The standard InChI is InChI=1S/C24H32N4O3/c29-23-11-19-14-27(12-17-8-4-5-9-20(17)24(30)31)13-18(19)10-22(23)28-15-21(25-26-28)16-6-2-1-3-7-16/h4-5,8-9,15-16,18-19,22-23,29H,1-3,6-7,10-14H2,(H,30,31)/t18-,19+,22-,23-/m1/s1. The molecule has 0 spiro atoms. The van der Waals surface area contributed by atoms with E-state index in [0.29, 0.717) is 29.9 Å². The minimum absolute atomic E-state index is 0.0163. The number of nitrogens with zero attached hydrogens (tertiary/aromatic N) is 4. The predicted molar refractivity (Wildman–Crippen MR) is 116 cm³/mol. The van der Waals surface area contributed by atoms with Gasteiger partial charge in [0.25, 0.3) is 0 Å². The predicted octanol–water partition coefficient (Wildman–Crippen LogP) is 3.47. The van der Waals surface area contributed by atoms with Gasteiger partial charge >= 0.3 is 5.97 Å². The fourth-order valence-corrected chi connectivity index (χ4v) is 6.06. The first-order valence-corrected chi connectivity index (χ1v) is 11.7. The second kappa shape index (κ2) is 8.71. The summed E-state index contributed by atoms with van der Waals surface area (Å²) in [6.45, 7) is 2.49. The lowest BCUT2D eigenvalue weighted by Gasteiger charge is -2.35. The molecule has 3 fully saturated rings. The first kappa shape index (κ1) is 20.6. The first-order chi connectivity index (χ1) is 15.1. The maximum atomic E-state index is 11.5. The molecule has 4 atom stereocenters. The number of carboxylic acid groups (broad SMARTS) is 1. The zero-order chi connectivity index (χ0) is 21.4. The monoisotopic (exact) mass is 424 g/mol.